The fourth-order valence-corrected chi connectivity index (χ4v) is 3.62. The molecule has 0 aliphatic carbocycles. The number of benzene rings is 2. The highest BCUT2D eigenvalue weighted by molar-refractivity contribution is 5.75. The number of nitrogens with zero attached hydrogens (tertiary/aromatic N) is 2. The summed E-state index contributed by atoms with van der Waals surface area (Å²) in [6, 6.07) is 17.9. The summed E-state index contributed by atoms with van der Waals surface area (Å²) in [5.41, 5.74) is 8.66. The van der Waals surface area contributed by atoms with E-state index >= 15 is 0 Å². The lowest BCUT2D eigenvalue weighted by Gasteiger charge is -2.08. The largest absolute Gasteiger partial charge is 0.496 e. The van der Waals surface area contributed by atoms with Gasteiger partial charge in [-0.1, -0.05) is 42.8 Å². The molecule has 13 heteroatoms. The van der Waals surface area contributed by atoms with Gasteiger partial charge in [-0.2, -0.15) is 23.1 Å². The van der Waals surface area contributed by atoms with Gasteiger partial charge in [-0.05, 0) is 61.8 Å². The van der Waals surface area contributed by atoms with Crippen molar-refractivity contribution in [1.82, 2.24) is 15.3 Å². The smallest absolute Gasteiger partial charge is 0.490 e. The van der Waals surface area contributed by atoms with Crippen molar-refractivity contribution in [3.8, 4) is 17.5 Å². The average Bonchev–Trinajstić information content (AvgIpc) is 3.00. The Morgan fingerprint density at radius 3 is 1.82 bits per heavy atom. The number of ether oxygens (including phenoxy) is 3. The Bertz CT molecular complexity index is 1340. The molecule has 0 saturated carbocycles. The third kappa shape index (κ3) is 13.3. The maximum absolute atomic E-state index is 10.6. The second-order valence-corrected chi connectivity index (χ2v) is 9.06. The molecule has 0 saturated heterocycles. The number of methoxy groups -OCH3 is 2. The van der Waals surface area contributed by atoms with Gasteiger partial charge in [0.25, 0.3) is 0 Å². The van der Waals surface area contributed by atoms with E-state index in [1.165, 1.54) is 0 Å². The van der Waals surface area contributed by atoms with Crippen molar-refractivity contribution in [1.29, 1.82) is 5.41 Å². The summed E-state index contributed by atoms with van der Waals surface area (Å²) in [5.74, 6) is -1.17. The van der Waals surface area contributed by atoms with E-state index in [2.05, 4.69) is 15.3 Å². The van der Waals surface area contributed by atoms with E-state index in [1.54, 1.807) is 14.2 Å². The van der Waals surface area contributed by atoms with Crippen LogP contribution in [0.2, 0.25) is 0 Å². The third-order valence-electron chi connectivity index (χ3n) is 5.75. The maximum atomic E-state index is 10.6. The second-order valence-electron chi connectivity index (χ2n) is 9.06. The number of alkyl halides is 3. The van der Waals surface area contributed by atoms with Crippen molar-refractivity contribution >= 4 is 36.2 Å². The topological polar surface area (TPSA) is 153 Å². The molecular weight excluding hydrogens is 579 g/mol. The molecule has 3 aromatic rings. The average molecular weight is 616 g/mol. The molecule has 0 amide bonds. The van der Waals surface area contributed by atoms with Crippen LogP contribution < -0.4 is 25.3 Å². The van der Waals surface area contributed by atoms with Gasteiger partial charge in [0, 0.05) is 17.7 Å². The van der Waals surface area contributed by atoms with Gasteiger partial charge >= 0.3 is 18.2 Å². The van der Waals surface area contributed by atoms with E-state index in [-0.39, 0.29) is 5.96 Å². The number of carboxylic acid groups (broad SMARTS) is 1. The first-order valence-corrected chi connectivity index (χ1v) is 13.6. The summed E-state index contributed by atoms with van der Waals surface area (Å²) in [4.78, 5) is 18.1. The van der Waals surface area contributed by atoms with Crippen LogP contribution >= 0.6 is 0 Å². The minimum absolute atomic E-state index is 0.00989. The highest BCUT2D eigenvalue weighted by Crippen LogP contribution is 2.22. The van der Waals surface area contributed by atoms with Gasteiger partial charge in [0.1, 0.15) is 11.5 Å². The molecular formula is C31H36F3N5O5. The first kappa shape index (κ1) is 35.1. The highest BCUT2D eigenvalue weighted by atomic mass is 19.4. The van der Waals surface area contributed by atoms with Gasteiger partial charge in [-0.15, -0.1) is 0 Å². The van der Waals surface area contributed by atoms with Crippen LogP contribution in [-0.4, -0.2) is 60.6 Å². The normalized spacial score (nSPS) is 11.1. The molecule has 1 heterocycles. The molecule has 0 radical (unpaired) electrons. The second kappa shape index (κ2) is 18.5. The van der Waals surface area contributed by atoms with Crippen molar-refractivity contribution in [2.45, 2.75) is 31.9 Å². The van der Waals surface area contributed by atoms with Gasteiger partial charge in [-0.3, -0.25) is 5.41 Å². The van der Waals surface area contributed by atoms with E-state index in [4.69, 9.17) is 35.3 Å². The predicted octanol–water partition coefficient (Wildman–Crippen LogP) is 5.89. The number of hydrogen-bond donors (Lipinski definition) is 4. The Morgan fingerprint density at radius 2 is 1.36 bits per heavy atom. The quantitative estimate of drug-likeness (QED) is 0.0988. The summed E-state index contributed by atoms with van der Waals surface area (Å²) in [6.45, 7) is 1.23. The van der Waals surface area contributed by atoms with Crippen molar-refractivity contribution in [2.75, 3.05) is 27.4 Å². The molecule has 5 N–H and O–H groups in total. The zero-order valence-electron chi connectivity index (χ0n) is 24.4. The van der Waals surface area contributed by atoms with E-state index in [0.717, 1.165) is 59.7 Å². The van der Waals surface area contributed by atoms with Crippen LogP contribution in [0.4, 0.5) is 13.2 Å². The number of unbranched alkanes of at least 4 members (excludes halogenated alkanes) is 3. The Morgan fingerprint density at radius 1 is 0.886 bits per heavy atom. The van der Waals surface area contributed by atoms with Crippen LogP contribution in [0.3, 0.4) is 0 Å². The molecule has 236 valence electrons. The third-order valence-corrected chi connectivity index (χ3v) is 5.75. The number of aromatic nitrogens is 2. The Hall–Kier alpha value is -5.07. The summed E-state index contributed by atoms with van der Waals surface area (Å²) in [5, 5.41) is 17.1. The number of nitrogens with one attached hydrogen (secondary N) is 2. The molecule has 0 bridgehead atoms. The molecule has 3 rings (SSSR count). The molecule has 0 aliphatic rings. The standard InChI is InChI=1S/C29H35N5O3.C2HF3O2/c1-35-26-13-7-5-11-22(26)15-17-24-21-25(18-16-23-12-6-8-14-27(23)36-2)34-29(33-24)37-20-10-4-3-9-19-32-28(30)31;3-2(4,5)1(6)7/h5-8,11-18,21H,3-4,9-10,19-20H2,1-2H3,(H4,30,31,32);(H,6,7). The van der Waals surface area contributed by atoms with E-state index < -0.39 is 12.1 Å². The Labute approximate surface area is 253 Å². The lowest BCUT2D eigenvalue weighted by Crippen LogP contribution is -2.30. The fraction of sp³-hybridized carbons (Fsp3) is 0.290. The van der Waals surface area contributed by atoms with Crippen LogP contribution in [0.25, 0.3) is 24.3 Å². The first-order valence-electron chi connectivity index (χ1n) is 13.6. The van der Waals surface area contributed by atoms with Crippen LogP contribution in [-0.2, 0) is 4.79 Å². The summed E-state index contributed by atoms with van der Waals surface area (Å²) < 4.78 is 48.6. The zero-order chi connectivity index (χ0) is 32.4. The first-order chi connectivity index (χ1) is 21.0. The van der Waals surface area contributed by atoms with Gasteiger partial charge in [0.05, 0.1) is 32.2 Å². The van der Waals surface area contributed by atoms with Crippen molar-refractivity contribution in [3.05, 3.63) is 77.1 Å². The van der Waals surface area contributed by atoms with Crippen molar-refractivity contribution in [3.63, 3.8) is 0 Å². The van der Waals surface area contributed by atoms with Gasteiger partial charge in [-0.25, -0.2) is 4.79 Å². The van der Waals surface area contributed by atoms with Gasteiger partial charge < -0.3 is 30.4 Å². The number of carboxylic acids is 1. The number of halogens is 3. The number of nitrogens with two attached hydrogens (primary N) is 1. The predicted molar refractivity (Wildman–Crippen MR) is 163 cm³/mol. The van der Waals surface area contributed by atoms with E-state index in [0.29, 0.717) is 19.2 Å². The number of carbonyl (C=O) groups is 1. The molecule has 0 spiro atoms. The lowest BCUT2D eigenvalue weighted by atomic mass is 10.1. The Kier molecular flexibility index (Phi) is 14.7. The number of hydrogen-bond acceptors (Lipinski definition) is 7. The van der Waals surface area contributed by atoms with Gasteiger partial charge in [0.2, 0.25) is 0 Å². The Balaban J connectivity index is 0.000000860. The highest BCUT2D eigenvalue weighted by Gasteiger charge is 2.38. The molecule has 0 aliphatic heterocycles. The molecule has 0 atom stereocenters. The molecule has 0 fully saturated rings. The summed E-state index contributed by atoms with van der Waals surface area (Å²) >= 11 is 0. The van der Waals surface area contributed by atoms with Crippen LogP contribution in [0, 0.1) is 5.41 Å². The number of rotatable bonds is 14. The molecule has 0 unspecified atom stereocenters. The van der Waals surface area contributed by atoms with Crippen molar-refractivity contribution < 1.29 is 37.3 Å². The summed E-state index contributed by atoms with van der Waals surface area (Å²) in [7, 11) is 3.31. The lowest BCUT2D eigenvalue weighted by molar-refractivity contribution is -0.192. The zero-order valence-corrected chi connectivity index (χ0v) is 24.4. The number of aliphatic carboxylic acids is 1. The number of guanidine groups is 1. The minimum atomic E-state index is -5.08. The van der Waals surface area contributed by atoms with E-state index in [1.807, 2.05) is 78.9 Å². The van der Waals surface area contributed by atoms with Crippen LogP contribution in [0.5, 0.6) is 17.5 Å². The minimum Gasteiger partial charge on any atom is -0.496 e. The van der Waals surface area contributed by atoms with Crippen molar-refractivity contribution in [2.24, 2.45) is 5.73 Å². The monoisotopic (exact) mass is 615 g/mol. The molecule has 1 aromatic heterocycles. The molecule has 2 aromatic carbocycles. The number of para-hydroxylation sites is 2. The maximum Gasteiger partial charge on any atom is 0.490 e. The fourth-order valence-electron chi connectivity index (χ4n) is 3.62. The molecule has 44 heavy (non-hydrogen) atoms. The molecule has 10 nitrogen and oxygen atoms in total. The van der Waals surface area contributed by atoms with E-state index in [9.17, 15) is 13.2 Å². The van der Waals surface area contributed by atoms with Crippen LogP contribution in [0.15, 0.2) is 54.6 Å². The summed E-state index contributed by atoms with van der Waals surface area (Å²) in [6.07, 6.45) is 6.58. The van der Waals surface area contributed by atoms with Crippen LogP contribution in [0.1, 0.15) is 48.2 Å². The van der Waals surface area contributed by atoms with Gasteiger partial charge in [0.15, 0.2) is 5.96 Å². The SMILES string of the molecule is COc1ccccc1C=Cc1cc(C=Cc2ccccc2OC)nc(OCCCCCCNC(=N)N)n1.O=C(O)C(F)(F)F.